The third-order valence-electron chi connectivity index (χ3n) is 15.6. The molecule has 0 fully saturated rings. The van der Waals surface area contributed by atoms with Crippen molar-refractivity contribution in [3.63, 3.8) is 0 Å². The van der Waals surface area contributed by atoms with Crippen molar-refractivity contribution in [2.24, 2.45) is 0 Å². The van der Waals surface area contributed by atoms with Gasteiger partial charge in [0.15, 0.2) is 12.2 Å². The first-order valence-corrected chi connectivity index (χ1v) is 44.9. The monoisotopic (exact) mass is 1640 g/mol. The molecule has 116 heavy (non-hydrogen) atoms. The minimum Gasteiger partial charge on any atom is -0.462 e. The number of hydrogen-bond donors (Lipinski definition) is 3. The highest BCUT2D eigenvalue weighted by Crippen LogP contribution is 2.45. The van der Waals surface area contributed by atoms with E-state index in [0.29, 0.717) is 51.4 Å². The van der Waals surface area contributed by atoms with Crippen molar-refractivity contribution in [2.45, 2.75) is 251 Å². The van der Waals surface area contributed by atoms with Gasteiger partial charge in [0.2, 0.25) is 0 Å². The molecule has 19 heteroatoms. The van der Waals surface area contributed by atoms with Crippen molar-refractivity contribution < 1.29 is 80.2 Å². The van der Waals surface area contributed by atoms with E-state index in [1.54, 1.807) is 0 Å². The smallest absolute Gasteiger partial charge is 0.462 e. The number of phosphoric acid groups is 2. The number of carbonyl (C=O) groups excluding carboxylic acids is 4. The van der Waals surface area contributed by atoms with Gasteiger partial charge in [-0.1, -0.05) is 319 Å². The molecule has 0 aliphatic heterocycles. The summed E-state index contributed by atoms with van der Waals surface area (Å²) in [6.07, 6.45) is 118. The van der Waals surface area contributed by atoms with Crippen LogP contribution in [0.2, 0.25) is 0 Å². The first kappa shape index (κ1) is 108. The Hall–Kier alpha value is -8.18. The third kappa shape index (κ3) is 83.8. The van der Waals surface area contributed by atoms with Gasteiger partial charge in [-0.15, -0.1) is 0 Å². The van der Waals surface area contributed by atoms with E-state index in [-0.39, 0.29) is 25.7 Å². The number of ether oxygens (including phenoxy) is 4. The Morgan fingerprint density at radius 1 is 0.233 bits per heavy atom. The van der Waals surface area contributed by atoms with Crippen LogP contribution in [0.3, 0.4) is 0 Å². The zero-order chi connectivity index (χ0) is 84.5. The normalized spacial score (nSPS) is 15.2. The van der Waals surface area contributed by atoms with Crippen LogP contribution >= 0.6 is 15.6 Å². The zero-order valence-electron chi connectivity index (χ0n) is 70.3. The van der Waals surface area contributed by atoms with Crippen molar-refractivity contribution in [1.29, 1.82) is 0 Å². The van der Waals surface area contributed by atoms with Crippen LogP contribution in [0.4, 0.5) is 0 Å². The second kappa shape index (κ2) is 84.7. The molecule has 0 spiro atoms. The van der Waals surface area contributed by atoms with Gasteiger partial charge in [0, 0.05) is 25.7 Å². The van der Waals surface area contributed by atoms with Gasteiger partial charge in [-0.3, -0.25) is 37.3 Å². The van der Waals surface area contributed by atoms with Gasteiger partial charge in [0.05, 0.1) is 26.4 Å². The Labute approximate surface area is 698 Å². The fourth-order valence-electron chi connectivity index (χ4n) is 9.44. The fourth-order valence-corrected chi connectivity index (χ4v) is 11.0. The van der Waals surface area contributed by atoms with Gasteiger partial charge in [-0.25, -0.2) is 9.13 Å². The van der Waals surface area contributed by atoms with Gasteiger partial charge in [-0.05, 0) is 180 Å². The molecule has 0 heterocycles. The van der Waals surface area contributed by atoms with E-state index in [1.807, 2.05) is 72.9 Å². The summed E-state index contributed by atoms with van der Waals surface area (Å²) in [7, 11) is -10.1. The number of hydrogen-bond acceptors (Lipinski definition) is 15. The van der Waals surface area contributed by atoms with Gasteiger partial charge in [0.1, 0.15) is 19.3 Å². The van der Waals surface area contributed by atoms with Gasteiger partial charge in [-0.2, -0.15) is 0 Å². The molecule has 0 aromatic rings. The molecule has 2 unspecified atom stereocenters. The standard InChI is InChI=1S/C97H142O17P2/c1-5-9-13-17-21-25-29-33-37-41-45-49-53-57-61-65-69-73-77-81-94(99)107-87-92(113-96(101)83-79-75-71-67-63-59-55-51-47-43-39-35-31-27-23-19-15-11-7-3)89-111-115(103,104)109-85-91(98)86-110-116(105,106)112-90-93(114-97(102)84-80-76-72-68-64-60-56-52-48-44-40-36-32-28-24-20-16-12-8-4)88-108-95(100)82-78-74-70-66-62-58-54-50-46-42-38-34-30-26-22-18-14-10-6-2/h9-16,21-28,33-40,45-52,57-64,69-76,91-93,98H,5-8,17-20,29-32,41-44,53-56,65-68,77-90H2,1-4H3,(H,103,104)(H,105,106)/b13-9-,14-10-,15-11-,16-12-,25-21-,26-22-,27-23-,28-24-,37-33-,38-34-,39-35-,40-36-,49-45-,50-46-,51-47-,52-48-,61-57-,62-58-,63-59-,64-60-,73-69-,74-70-,75-71-,76-72-/t92-,93-/m1/s1. The molecular weight excluding hydrogens is 1500 g/mol. The zero-order valence-corrected chi connectivity index (χ0v) is 72.1. The molecular formula is C97H142O17P2. The third-order valence-corrected chi connectivity index (χ3v) is 17.5. The summed E-state index contributed by atoms with van der Waals surface area (Å²) in [4.78, 5) is 73.1. The van der Waals surface area contributed by atoms with Gasteiger partial charge in [0.25, 0.3) is 0 Å². The van der Waals surface area contributed by atoms with Crippen LogP contribution in [-0.4, -0.2) is 96.7 Å². The van der Waals surface area contributed by atoms with Crippen LogP contribution < -0.4 is 0 Å². The fraction of sp³-hybridized carbons (Fsp3) is 0.464. The number of carbonyl (C=O) groups is 4. The van der Waals surface area contributed by atoms with E-state index in [4.69, 9.17) is 37.0 Å². The molecule has 0 aromatic heterocycles. The maximum atomic E-state index is 13.1. The number of phosphoric ester groups is 2. The molecule has 0 rings (SSSR count). The molecule has 0 amide bonds. The SMILES string of the molecule is CC/C=C\C/C=C\C/C=C\C/C=C\C/C=C\C/C=C\CCC(=O)OC[C@H](COP(=O)(O)OCC(O)COP(=O)(O)OC[C@@H](COC(=O)CC/C=C\C/C=C\C/C=C\C/C=C\C/C=C\C/C=C\CC)OC(=O)CC/C=C\C/C=C\C/C=C\C/C=C\C/C=C\C/C=C\CC)OC(=O)CC/C=C\C/C=C\C/C=C\C/C=C\C/C=C\C/C=C\CC. The number of aliphatic hydroxyl groups is 1. The van der Waals surface area contributed by atoms with Crippen LogP contribution in [0.5, 0.6) is 0 Å². The highest BCUT2D eigenvalue weighted by atomic mass is 31.2. The first-order chi connectivity index (χ1) is 56.7. The number of esters is 4. The molecule has 0 radical (unpaired) electrons. The Morgan fingerprint density at radius 2 is 0.388 bits per heavy atom. The second-order valence-electron chi connectivity index (χ2n) is 26.2. The van der Waals surface area contributed by atoms with E-state index in [0.717, 1.165) is 128 Å². The van der Waals surface area contributed by atoms with Crippen molar-refractivity contribution in [2.75, 3.05) is 39.6 Å². The lowest BCUT2D eigenvalue weighted by Crippen LogP contribution is -2.30. The van der Waals surface area contributed by atoms with Crippen LogP contribution in [0, 0.1) is 0 Å². The lowest BCUT2D eigenvalue weighted by molar-refractivity contribution is -0.161. The van der Waals surface area contributed by atoms with Gasteiger partial charge < -0.3 is 33.8 Å². The lowest BCUT2D eigenvalue weighted by atomic mass is 10.2. The lowest BCUT2D eigenvalue weighted by Gasteiger charge is -2.21. The second-order valence-corrected chi connectivity index (χ2v) is 29.1. The summed E-state index contributed by atoms with van der Waals surface area (Å²) in [5.41, 5.74) is 0. The van der Waals surface area contributed by atoms with Crippen molar-refractivity contribution in [1.82, 2.24) is 0 Å². The summed E-state index contributed by atoms with van der Waals surface area (Å²) in [5, 5.41) is 10.7. The molecule has 642 valence electrons. The summed E-state index contributed by atoms with van der Waals surface area (Å²) in [6, 6.07) is 0. The number of rotatable bonds is 74. The van der Waals surface area contributed by atoms with Crippen molar-refractivity contribution in [3.8, 4) is 0 Å². The Balaban J connectivity index is 5.71. The largest absolute Gasteiger partial charge is 0.472 e. The van der Waals surface area contributed by atoms with E-state index in [9.17, 15) is 43.2 Å². The van der Waals surface area contributed by atoms with E-state index >= 15 is 0 Å². The highest BCUT2D eigenvalue weighted by Gasteiger charge is 2.30. The van der Waals surface area contributed by atoms with E-state index < -0.39 is 97.5 Å². The Bertz CT molecular complexity index is 3150. The van der Waals surface area contributed by atoms with Crippen LogP contribution in [-0.2, 0) is 65.4 Å². The quantitative estimate of drug-likeness (QED) is 0.0222. The summed E-state index contributed by atoms with van der Waals surface area (Å²) in [5.74, 6) is -2.62. The van der Waals surface area contributed by atoms with E-state index in [1.165, 1.54) is 0 Å². The topological polar surface area (TPSA) is 237 Å². The Morgan fingerprint density at radius 3 is 0.569 bits per heavy atom. The van der Waals surface area contributed by atoms with Crippen LogP contribution in [0.1, 0.15) is 233 Å². The first-order valence-electron chi connectivity index (χ1n) is 41.9. The molecule has 4 atom stereocenters. The number of aliphatic hydroxyl groups excluding tert-OH is 1. The molecule has 17 nitrogen and oxygen atoms in total. The summed E-state index contributed by atoms with van der Waals surface area (Å²) < 4.78 is 68.4. The molecule has 0 aromatic carbocycles. The predicted molar refractivity (Wildman–Crippen MR) is 481 cm³/mol. The summed E-state index contributed by atoms with van der Waals surface area (Å²) in [6.45, 7) is 4.00. The summed E-state index contributed by atoms with van der Waals surface area (Å²) >= 11 is 0. The highest BCUT2D eigenvalue weighted by molar-refractivity contribution is 7.47. The minimum absolute atomic E-state index is 0.00234. The van der Waals surface area contributed by atoms with Crippen molar-refractivity contribution in [3.05, 3.63) is 292 Å². The molecule has 0 aliphatic rings. The maximum Gasteiger partial charge on any atom is 0.472 e. The molecule has 3 N–H and O–H groups in total. The molecule has 0 saturated carbocycles. The molecule has 0 saturated heterocycles. The number of allylic oxidation sites excluding steroid dienone is 48. The average molecular weight is 1640 g/mol. The predicted octanol–water partition coefficient (Wildman–Crippen LogP) is 25.4. The Kier molecular flexibility index (Phi) is 78.7. The molecule has 0 bridgehead atoms. The van der Waals surface area contributed by atoms with Gasteiger partial charge >= 0.3 is 39.5 Å². The van der Waals surface area contributed by atoms with Crippen LogP contribution in [0.25, 0.3) is 0 Å². The average Bonchev–Trinajstić information content (AvgIpc) is 0.898. The minimum atomic E-state index is -5.05. The van der Waals surface area contributed by atoms with E-state index in [2.05, 4.69) is 246 Å². The van der Waals surface area contributed by atoms with Crippen LogP contribution in [0.15, 0.2) is 292 Å². The van der Waals surface area contributed by atoms with Crippen molar-refractivity contribution >= 4 is 39.5 Å². The maximum absolute atomic E-state index is 13.1. The molecule has 0 aliphatic carbocycles.